The fourth-order valence-electron chi connectivity index (χ4n) is 1.62. The highest BCUT2D eigenvalue weighted by Crippen LogP contribution is 2.22. The van der Waals surface area contributed by atoms with Gasteiger partial charge in [0, 0.05) is 5.41 Å². The van der Waals surface area contributed by atoms with Gasteiger partial charge in [-0.15, -0.1) is 0 Å². The number of rotatable bonds is 5. The van der Waals surface area contributed by atoms with E-state index in [4.69, 9.17) is 0 Å². The molecule has 0 heterocycles. The van der Waals surface area contributed by atoms with Gasteiger partial charge in [0.05, 0.1) is 5.75 Å². The van der Waals surface area contributed by atoms with Crippen LogP contribution in [0.4, 0.5) is 0 Å². The predicted octanol–water partition coefficient (Wildman–Crippen LogP) is 4.18. The van der Waals surface area contributed by atoms with E-state index in [1.807, 2.05) is 20.8 Å². The van der Waals surface area contributed by atoms with Gasteiger partial charge in [-0.2, -0.15) is 0 Å². The molecule has 0 aliphatic rings. The molecule has 0 amide bonds. The molecule has 0 aliphatic heterocycles. The van der Waals surface area contributed by atoms with Gasteiger partial charge >= 0.3 is 0 Å². The van der Waals surface area contributed by atoms with Crippen molar-refractivity contribution in [1.29, 1.82) is 0 Å². The van der Waals surface area contributed by atoms with Gasteiger partial charge in [-0.25, -0.2) is 8.42 Å². The van der Waals surface area contributed by atoms with Crippen LogP contribution in [-0.4, -0.2) is 14.2 Å². The topological polar surface area (TPSA) is 34.1 Å². The molecule has 2 nitrogen and oxygen atoms in total. The first kappa shape index (κ1) is 16.7. The second-order valence-electron chi connectivity index (χ2n) is 7.19. The van der Waals surface area contributed by atoms with Crippen molar-refractivity contribution >= 4 is 9.84 Å². The van der Waals surface area contributed by atoms with E-state index in [1.54, 1.807) is 6.08 Å². The summed E-state index contributed by atoms with van der Waals surface area (Å²) in [5.74, 6) is 0.218. The first-order valence-electron chi connectivity index (χ1n) is 6.31. The van der Waals surface area contributed by atoms with Crippen LogP contribution in [0, 0.1) is 10.8 Å². The molecular weight excluding hydrogens is 232 g/mol. The van der Waals surface area contributed by atoms with E-state index < -0.39 is 9.84 Å². The van der Waals surface area contributed by atoms with Gasteiger partial charge in [-0.1, -0.05) is 47.6 Å². The maximum absolute atomic E-state index is 11.7. The molecule has 0 fully saturated rings. The summed E-state index contributed by atoms with van der Waals surface area (Å²) >= 11 is 0. The Morgan fingerprint density at radius 2 is 1.47 bits per heavy atom. The smallest absolute Gasteiger partial charge is 0.171 e. The number of unbranched alkanes of at least 4 members (excludes halogenated alkanes) is 1. The summed E-state index contributed by atoms with van der Waals surface area (Å²) in [5, 5.41) is 1.39. The minimum Gasteiger partial charge on any atom is -0.224 e. The van der Waals surface area contributed by atoms with Gasteiger partial charge in [-0.05, 0) is 30.1 Å². The summed E-state index contributed by atoms with van der Waals surface area (Å²) in [6, 6.07) is 0. The molecule has 0 N–H and O–H groups in total. The first-order valence-corrected chi connectivity index (χ1v) is 8.02. The van der Waals surface area contributed by atoms with Gasteiger partial charge in [-0.3, -0.25) is 0 Å². The third-order valence-electron chi connectivity index (χ3n) is 2.24. The van der Waals surface area contributed by atoms with Crippen LogP contribution >= 0.6 is 0 Å². The van der Waals surface area contributed by atoms with Crippen molar-refractivity contribution in [2.24, 2.45) is 10.8 Å². The first-order chi connectivity index (χ1) is 7.41. The van der Waals surface area contributed by atoms with Crippen LogP contribution in [0.25, 0.3) is 0 Å². The largest absolute Gasteiger partial charge is 0.224 e. The van der Waals surface area contributed by atoms with E-state index in [1.165, 1.54) is 5.41 Å². The highest BCUT2D eigenvalue weighted by atomic mass is 32.2. The Kier molecular flexibility index (Phi) is 5.92. The Morgan fingerprint density at radius 3 is 1.88 bits per heavy atom. The quantitative estimate of drug-likeness (QED) is 0.695. The second kappa shape index (κ2) is 6.03. The van der Waals surface area contributed by atoms with Crippen LogP contribution in [0.1, 0.15) is 60.8 Å². The second-order valence-corrected chi connectivity index (χ2v) is 9.08. The molecule has 0 unspecified atom stereocenters. The Labute approximate surface area is 107 Å². The molecular formula is C14H28O2S. The average Bonchev–Trinajstić information content (AvgIpc) is 1.95. The van der Waals surface area contributed by atoms with Gasteiger partial charge < -0.3 is 0 Å². The third-order valence-corrected chi connectivity index (χ3v) is 4.11. The molecule has 0 aromatic carbocycles. The molecule has 0 radical (unpaired) electrons. The maximum atomic E-state index is 11.7. The maximum Gasteiger partial charge on any atom is 0.171 e. The molecule has 17 heavy (non-hydrogen) atoms. The highest BCUT2D eigenvalue weighted by Gasteiger charge is 2.18. The monoisotopic (exact) mass is 260 g/mol. The number of allylic oxidation sites excluding steroid dienone is 1. The van der Waals surface area contributed by atoms with Gasteiger partial charge in [0.1, 0.15) is 0 Å². The van der Waals surface area contributed by atoms with E-state index in [0.29, 0.717) is 5.41 Å². The lowest BCUT2D eigenvalue weighted by atomic mass is 9.90. The molecule has 102 valence electrons. The zero-order chi connectivity index (χ0) is 13.7. The normalized spacial score (nSPS) is 14.5. The molecule has 0 aromatic rings. The molecule has 0 spiro atoms. The average molecular weight is 260 g/mol. The Bertz CT molecular complexity index is 337. The van der Waals surface area contributed by atoms with Crippen LogP contribution in [0.5, 0.6) is 0 Å². The van der Waals surface area contributed by atoms with Crippen molar-refractivity contribution in [3.63, 3.8) is 0 Å². The van der Waals surface area contributed by atoms with E-state index in [0.717, 1.165) is 19.3 Å². The Balaban J connectivity index is 4.09. The molecule has 0 saturated carbocycles. The molecule has 0 bridgehead atoms. The lowest BCUT2D eigenvalue weighted by Crippen LogP contribution is -2.18. The Hall–Kier alpha value is -0.310. The van der Waals surface area contributed by atoms with Crippen molar-refractivity contribution in [1.82, 2.24) is 0 Å². The zero-order valence-corrected chi connectivity index (χ0v) is 13.0. The van der Waals surface area contributed by atoms with Crippen LogP contribution in [-0.2, 0) is 9.84 Å². The van der Waals surface area contributed by atoms with E-state index in [2.05, 4.69) is 20.8 Å². The molecule has 0 aliphatic carbocycles. The van der Waals surface area contributed by atoms with Crippen LogP contribution in [0.3, 0.4) is 0 Å². The minimum absolute atomic E-state index is 0.172. The molecule has 0 saturated heterocycles. The van der Waals surface area contributed by atoms with Crippen LogP contribution < -0.4 is 0 Å². The summed E-state index contributed by atoms with van der Waals surface area (Å²) in [4.78, 5) is 0. The summed E-state index contributed by atoms with van der Waals surface area (Å²) in [6.45, 7) is 12.4. The zero-order valence-electron chi connectivity index (χ0n) is 12.2. The fourth-order valence-corrected chi connectivity index (χ4v) is 3.35. The summed E-state index contributed by atoms with van der Waals surface area (Å²) in [5.41, 5.74) is 0.159. The standard InChI is InChI=1S/C14H28O2S/c1-13(2,3)10-8-7-9-11-17(15,16)12-14(4,5)6/h9,11H,7-8,10,12H2,1-6H3/b11-9+. The minimum atomic E-state index is -3.04. The Morgan fingerprint density at radius 1 is 0.941 bits per heavy atom. The van der Waals surface area contributed by atoms with Crippen molar-refractivity contribution in [3.8, 4) is 0 Å². The van der Waals surface area contributed by atoms with E-state index in [-0.39, 0.29) is 11.2 Å². The van der Waals surface area contributed by atoms with Crippen molar-refractivity contribution in [3.05, 3.63) is 11.5 Å². The van der Waals surface area contributed by atoms with E-state index >= 15 is 0 Å². The summed E-state index contributed by atoms with van der Waals surface area (Å²) in [6.07, 6.45) is 4.81. The number of hydrogen-bond acceptors (Lipinski definition) is 2. The summed E-state index contributed by atoms with van der Waals surface area (Å²) in [7, 11) is -3.04. The molecule has 0 atom stereocenters. The van der Waals surface area contributed by atoms with E-state index in [9.17, 15) is 8.42 Å². The lowest BCUT2D eigenvalue weighted by molar-refractivity contribution is 0.367. The van der Waals surface area contributed by atoms with Crippen LogP contribution in [0.15, 0.2) is 11.5 Å². The van der Waals surface area contributed by atoms with Crippen molar-refractivity contribution < 1.29 is 8.42 Å². The predicted molar refractivity (Wildman–Crippen MR) is 75.7 cm³/mol. The van der Waals surface area contributed by atoms with Gasteiger partial charge in [0.2, 0.25) is 0 Å². The van der Waals surface area contributed by atoms with Crippen molar-refractivity contribution in [2.45, 2.75) is 60.8 Å². The SMILES string of the molecule is CC(C)(C)CCC/C=C/S(=O)(=O)CC(C)(C)C. The number of sulfone groups is 1. The lowest BCUT2D eigenvalue weighted by Gasteiger charge is -2.17. The third kappa shape index (κ3) is 11.9. The van der Waals surface area contributed by atoms with Crippen LogP contribution in [0.2, 0.25) is 0 Å². The number of hydrogen-bond donors (Lipinski definition) is 0. The highest BCUT2D eigenvalue weighted by molar-refractivity contribution is 7.94. The molecule has 0 rings (SSSR count). The molecule has 0 aromatic heterocycles. The summed E-state index contributed by atoms with van der Waals surface area (Å²) < 4.78 is 23.4. The van der Waals surface area contributed by atoms with Gasteiger partial charge in [0.25, 0.3) is 0 Å². The van der Waals surface area contributed by atoms with Gasteiger partial charge in [0.15, 0.2) is 9.84 Å². The van der Waals surface area contributed by atoms with Crippen molar-refractivity contribution in [2.75, 3.05) is 5.75 Å². The molecule has 3 heteroatoms. The fraction of sp³-hybridized carbons (Fsp3) is 0.857.